The second-order valence-corrected chi connectivity index (χ2v) is 4.92. The molecule has 2 aromatic heterocycles. The lowest BCUT2D eigenvalue weighted by molar-refractivity contribution is -0.136. The van der Waals surface area contributed by atoms with E-state index in [1.54, 1.807) is 0 Å². The number of aryl methyl sites for hydroxylation is 2. The number of imidazole rings is 2. The summed E-state index contributed by atoms with van der Waals surface area (Å²) in [5.74, 6) is -0.00636. The summed E-state index contributed by atoms with van der Waals surface area (Å²) >= 11 is 5.95. The predicted octanol–water partition coefficient (Wildman–Crippen LogP) is 2.50. The second-order valence-electron chi connectivity index (χ2n) is 4.49. The van der Waals surface area contributed by atoms with Crippen LogP contribution in [0.5, 0.6) is 0 Å². The highest BCUT2D eigenvalue weighted by Crippen LogP contribution is 2.22. The van der Waals surface area contributed by atoms with E-state index >= 15 is 0 Å². The van der Waals surface area contributed by atoms with Gasteiger partial charge in [0.2, 0.25) is 5.78 Å². The van der Waals surface area contributed by atoms with Gasteiger partial charge in [-0.2, -0.15) is 0 Å². The molecule has 1 aromatic carbocycles. The molecule has 0 spiro atoms. The first-order chi connectivity index (χ1) is 9.06. The number of hydrogen-bond acceptors (Lipinski definition) is 2. The number of carboxylic acids is 1. The van der Waals surface area contributed by atoms with Crippen molar-refractivity contribution in [3.8, 4) is 0 Å². The fraction of sp³-hybridized carbons (Fsp3) is 0.231. The molecule has 5 nitrogen and oxygen atoms in total. The van der Waals surface area contributed by atoms with E-state index in [0.29, 0.717) is 11.4 Å². The van der Waals surface area contributed by atoms with Gasteiger partial charge in [-0.25, -0.2) is 4.98 Å². The normalized spacial score (nSPS) is 11.5. The third-order valence-corrected chi connectivity index (χ3v) is 3.47. The molecule has 3 aromatic rings. The van der Waals surface area contributed by atoms with E-state index < -0.39 is 5.97 Å². The van der Waals surface area contributed by atoms with Crippen LogP contribution < -0.4 is 0 Å². The van der Waals surface area contributed by atoms with Crippen LogP contribution >= 0.6 is 11.6 Å². The lowest BCUT2D eigenvalue weighted by Gasteiger charge is -1.99. The molecule has 2 heterocycles. The molecule has 98 valence electrons. The standard InChI is InChI=1S/C13H12ClN3O2/c1-16-9(3-5-12(18)19)7-17-11-4-2-8(14)6-10(11)15-13(16)17/h2,4,6-7H,3,5H2,1H3,(H,18,19). The van der Waals surface area contributed by atoms with Gasteiger partial charge >= 0.3 is 5.97 Å². The van der Waals surface area contributed by atoms with Gasteiger partial charge in [-0.1, -0.05) is 11.6 Å². The summed E-state index contributed by atoms with van der Waals surface area (Å²) < 4.78 is 3.87. The van der Waals surface area contributed by atoms with Crippen LogP contribution in [0.4, 0.5) is 0 Å². The Hall–Kier alpha value is -2.01. The van der Waals surface area contributed by atoms with Crippen LogP contribution in [0.15, 0.2) is 24.4 Å². The van der Waals surface area contributed by atoms with Gasteiger partial charge in [-0.15, -0.1) is 0 Å². The maximum atomic E-state index is 10.6. The number of rotatable bonds is 3. The summed E-state index contributed by atoms with van der Waals surface area (Å²) in [5, 5.41) is 9.40. The average molecular weight is 278 g/mol. The van der Waals surface area contributed by atoms with Gasteiger partial charge < -0.3 is 9.67 Å². The van der Waals surface area contributed by atoms with Crippen molar-refractivity contribution in [2.45, 2.75) is 12.8 Å². The largest absolute Gasteiger partial charge is 0.481 e. The molecule has 0 aliphatic carbocycles. The van der Waals surface area contributed by atoms with E-state index in [-0.39, 0.29) is 6.42 Å². The number of nitrogens with zero attached hydrogens (tertiary/aromatic N) is 3. The van der Waals surface area contributed by atoms with Crippen molar-refractivity contribution in [1.29, 1.82) is 0 Å². The molecule has 3 rings (SSSR count). The molecular formula is C13H12ClN3O2. The van der Waals surface area contributed by atoms with Crippen molar-refractivity contribution in [2.24, 2.45) is 7.05 Å². The fourth-order valence-corrected chi connectivity index (χ4v) is 2.42. The maximum absolute atomic E-state index is 10.6. The van der Waals surface area contributed by atoms with Crippen molar-refractivity contribution in [2.75, 3.05) is 0 Å². The quantitative estimate of drug-likeness (QED) is 0.800. The monoisotopic (exact) mass is 277 g/mol. The summed E-state index contributed by atoms with van der Waals surface area (Å²) in [6, 6.07) is 5.56. The van der Waals surface area contributed by atoms with Crippen molar-refractivity contribution < 1.29 is 9.90 Å². The molecule has 0 unspecified atom stereocenters. The summed E-state index contributed by atoms with van der Waals surface area (Å²) in [6.07, 6.45) is 2.54. The Morgan fingerprint density at radius 1 is 1.47 bits per heavy atom. The summed E-state index contributed by atoms with van der Waals surface area (Å²) in [5.41, 5.74) is 2.75. The van der Waals surface area contributed by atoms with Gasteiger partial charge in [0, 0.05) is 24.0 Å². The number of fused-ring (bicyclic) bond motifs is 3. The van der Waals surface area contributed by atoms with Crippen LogP contribution in [0.25, 0.3) is 16.8 Å². The van der Waals surface area contributed by atoms with Crippen LogP contribution in [0.1, 0.15) is 12.1 Å². The van der Waals surface area contributed by atoms with Crippen LogP contribution in [0, 0.1) is 0 Å². The van der Waals surface area contributed by atoms with Crippen LogP contribution in [0.2, 0.25) is 5.02 Å². The molecule has 0 saturated heterocycles. The SMILES string of the molecule is Cn1c(CCC(=O)O)cn2c3ccc(Cl)cc3nc12. The van der Waals surface area contributed by atoms with Crippen molar-refractivity contribution in [3.05, 3.63) is 35.1 Å². The first-order valence-electron chi connectivity index (χ1n) is 5.90. The molecule has 0 bridgehead atoms. The number of halogens is 1. The van der Waals surface area contributed by atoms with E-state index in [2.05, 4.69) is 4.98 Å². The number of carbonyl (C=O) groups is 1. The van der Waals surface area contributed by atoms with Crippen LogP contribution in [0.3, 0.4) is 0 Å². The molecular weight excluding hydrogens is 266 g/mol. The zero-order valence-electron chi connectivity index (χ0n) is 10.3. The van der Waals surface area contributed by atoms with Gasteiger partial charge in [0.15, 0.2) is 0 Å². The van der Waals surface area contributed by atoms with Crippen LogP contribution in [-0.4, -0.2) is 25.0 Å². The lowest BCUT2D eigenvalue weighted by atomic mass is 10.2. The highest BCUT2D eigenvalue weighted by Gasteiger charge is 2.12. The first-order valence-corrected chi connectivity index (χ1v) is 6.28. The van der Waals surface area contributed by atoms with E-state index in [0.717, 1.165) is 22.5 Å². The molecule has 0 atom stereocenters. The Bertz CT molecular complexity index is 788. The highest BCUT2D eigenvalue weighted by atomic mass is 35.5. The number of hydrogen-bond donors (Lipinski definition) is 1. The Kier molecular flexibility index (Phi) is 2.71. The Balaban J connectivity index is 2.14. The molecule has 0 aliphatic rings. The molecule has 0 fully saturated rings. The molecule has 0 aliphatic heterocycles. The fourth-order valence-electron chi connectivity index (χ4n) is 2.25. The third kappa shape index (κ3) is 1.96. The zero-order valence-corrected chi connectivity index (χ0v) is 11.1. The molecule has 0 amide bonds. The van der Waals surface area contributed by atoms with Crippen molar-refractivity contribution in [3.63, 3.8) is 0 Å². The lowest BCUT2D eigenvalue weighted by Crippen LogP contribution is -2.02. The van der Waals surface area contributed by atoms with E-state index in [9.17, 15) is 4.79 Å². The topological polar surface area (TPSA) is 59.5 Å². The minimum atomic E-state index is -0.796. The smallest absolute Gasteiger partial charge is 0.303 e. The van der Waals surface area contributed by atoms with Gasteiger partial charge in [0.1, 0.15) is 0 Å². The molecule has 1 N–H and O–H groups in total. The van der Waals surface area contributed by atoms with Gasteiger partial charge in [-0.3, -0.25) is 9.20 Å². The summed E-state index contributed by atoms with van der Waals surface area (Å²) in [6.45, 7) is 0. The van der Waals surface area contributed by atoms with Crippen molar-refractivity contribution >= 4 is 34.4 Å². The van der Waals surface area contributed by atoms with Gasteiger partial charge in [0.25, 0.3) is 0 Å². The second kappa shape index (κ2) is 4.28. The van der Waals surface area contributed by atoms with Gasteiger partial charge in [-0.05, 0) is 24.6 Å². The van der Waals surface area contributed by atoms with E-state index in [1.807, 2.05) is 40.4 Å². The number of aliphatic carboxylic acids is 1. The molecule has 19 heavy (non-hydrogen) atoms. The van der Waals surface area contributed by atoms with Crippen molar-refractivity contribution in [1.82, 2.24) is 14.0 Å². The third-order valence-electron chi connectivity index (χ3n) is 3.24. The Labute approximate surface area is 114 Å². The Morgan fingerprint density at radius 2 is 2.26 bits per heavy atom. The molecule has 0 radical (unpaired) electrons. The van der Waals surface area contributed by atoms with E-state index in [4.69, 9.17) is 16.7 Å². The molecule has 6 heteroatoms. The highest BCUT2D eigenvalue weighted by molar-refractivity contribution is 6.31. The number of carboxylic acid groups (broad SMARTS) is 1. The minimum Gasteiger partial charge on any atom is -0.481 e. The average Bonchev–Trinajstić information content (AvgIpc) is 2.84. The molecule has 0 saturated carbocycles. The van der Waals surface area contributed by atoms with E-state index in [1.165, 1.54) is 0 Å². The Morgan fingerprint density at radius 3 is 3.00 bits per heavy atom. The minimum absolute atomic E-state index is 0.116. The predicted molar refractivity (Wildman–Crippen MR) is 72.6 cm³/mol. The maximum Gasteiger partial charge on any atom is 0.303 e. The summed E-state index contributed by atoms with van der Waals surface area (Å²) in [7, 11) is 1.89. The number of benzene rings is 1. The zero-order chi connectivity index (χ0) is 13.6. The first kappa shape index (κ1) is 12.0. The summed E-state index contributed by atoms with van der Waals surface area (Å²) in [4.78, 5) is 15.2. The van der Waals surface area contributed by atoms with Crippen LogP contribution in [-0.2, 0) is 18.3 Å². The number of aromatic nitrogens is 3. The van der Waals surface area contributed by atoms with Gasteiger partial charge in [0.05, 0.1) is 17.5 Å².